The third kappa shape index (κ3) is 3.83. The quantitative estimate of drug-likeness (QED) is 0.817. The molecule has 0 bridgehead atoms. The van der Waals surface area contributed by atoms with E-state index in [1.807, 2.05) is 6.92 Å². The fourth-order valence-electron chi connectivity index (χ4n) is 2.47. The first-order valence-electron chi connectivity index (χ1n) is 6.49. The molecule has 0 saturated carbocycles. The largest absolute Gasteiger partial charge is 0.380 e. The predicted octanol–water partition coefficient (Wildman–Crippen LogP) is 3.30. The van der Waals surface area contributed by atoms with Gasteiger partial charge in [0.05, 0.1) is 12.6 Å². The van der Waals surface area contributed by atoms with Gasteiger partial charge in [-0.05, 0) is 50.9 Å². The van der Waals surface area contributed by atoms with Gasteiger partial charge in [0.25, 0.3) is 0 Å². The lowest BCUT2D eigenvalue weighted by atomic mass is 9.94. The van der Waals surface area contributed by atoms with E-state index in [1.165, 1.54) is 22.3 Å². The summed E-state index contributed by atoms with van der Waals surface area (Å²) in [6, 6.07) is 4.80. The zero-order valence-electron chi connectivity index (χ0n) is 11.8. The summed E-state index contributed by atoms with van der Waals surface area (Å²) in [4.78, 5) is 0. The summed E-state index contributed by atoms with van der Waals surface area (Å²) in [5.41, 5.74) is 5.43. The maximum Gasteiger partial charge on any atom is 0.0661 e. The van der Waals surface area contributed by atoms with Crippen molar-refractivity contribution in [3.63, 3.8) is 0 Å². The Hall–Kier alpha value is -0.860. The van der Waals surface area contributed by atoms with Crippen LogP contribution >= 0.6 is 0 Å². The second-order valence-corrected chi connectivity index (χ2v) is 4.58. The lowest BCUT2D eigenvalue weighted by Crippen LogP contribution is -2.27. The van der Waals surface area contributed by atoms with Crippen molar-refractivity contribution in [2.24, 2.45) is 0 Å². The van der Waals surface area contributed by atoms with Crippen LogP contribution in [-0.4, -0.2) is 19.8 Å². The molecule has 1 unspecified atom stereocenters. The second kappa shape index (κ2) is 6.77. The van der Waals surface area contributed by atoms with Crippen LogP contribution in [0.1, 0.15) is 42.1 Å². The fraction of sp³-hybridized carbons (Fsp3) is 0.600. The Morgan fingerprint density at radius 2 is 1.71 bits per heavy atom. The van der Waals surface area contributed by atoms with Gasteiger partial charge in [-0.2, -0.15) is 0 Å². The van der Waals surface area contributed by atoms with Crippen LogP contribution in [0.5, 0.6) is 0 Å². The number of benzene rings is 1. The van der Waals surface area contributed by atoms with Crippen LogP contribution < -0.4 is 5.32 Å². The van der Waals surface area contributed by atoms with Gasteiger partial charge < -0.3 is 10.1 Å². The van der Waals surface area contributed by atoms with Gasteiger partial charge in [-0.3, -0.25) is 0 Å². The van der Waals surface area contributed by atoms with Gasteiger partial charge in [0.1, 0.15) is 0 Å². The van der Waals surface area contributed by atoms with E-state index in [-0.39, 0.29) is 0 Å². The van der Waals surface area contributed by atoms with Gasteiger partial charge in [-0.1, -0.05) is 24.6 Å². The van der Waals surface area contributed by atoms with E-state index in [9.17, 15) is 0 Å². The van der Waals surface area contributed by atoms with Crippen LogP contribution in [0.3, 0.4) is 0 Å². The predicted molar refractivity (Wildman–Crippen MR) is 73.6 cm³/mol. The van der Waals surface area contributed by atoms with E-state index in [4.69, 9.17) is 4.74 Å². The lowest BCUT2D eigenvalue weighted by molar-refractivity contribution is 0.123. The Morgan fingerprint density at radius 1 is 1.12 bits per heavy atom. The van der Waals surface area contributed by atoms with E-state index in [1.54, 1.807) is 0 Å². The van der Waals surface area contributed by atoms with E-state index < -0.39 is 0 Å². The zero-order chi connectivity index (χ0) is 12.8. The van der Waals surface area contributed by atoms with Crippen LogP contribution in [-0.2, 0) is 4.74 Å². The fourth-order valence-corrected chi connectivity index (χ4v) is 2.47. The molecule has 0 spiro atoms. The minimum atomic E-state index is 0.306. The lowest BCUT2D eigenvalue weighted by Gasteiger charge is -2.22. The van der Waals surface area contributed by atoms with Gasteiger partial charge in [0.15, 0.2) is 0 Å². The monoisotopic (exact) mass is 235 g/mol. The first-order chi connectivity index (χ1) is 8.10. The number of hydrogen-bond donors (Lipinski definition) is 1. The molecule has 1 aromatic carbocycles. The van der Waals surface area contributed by atoms with E-state index >= 15 is 0 Å². The topological polar surface area (TPSA) is 21.3 Å². The number of nitrogens with one attached hydrogen (secondary N) is 1. The van der Waals surface area contributed by atoms with Crippen molar-refractivity contribution in [2.45, 2.75) is 40.7 Å². The van der Waals surface area contributed by atoms with Crippen LogP contribution in [0.25, 0.3) is 0 Å². The molecule has 0 aliphatic carbocycles. The van der Waals surface area contributed by atoms with Crippen molar-refractivity contribution >= 4 is 0 Å². The van der Waals surface area contributed by atoms with Gasteiger partial charge in [0, 0.05) is 6.61 Å². The summed E-state index contributed by atoms with van der Waals surface area (Å²) in [5.74, 6) is 0. The van der Waals surface area contributed by atoms with Crippen LogP contribution in [0, 0.1) is 20.8 Å². The number of hydrogen-bond acceptors (Lipinski definition) is 2. The summed E-state index contributed by atoms with van der Waals surface area (Å²) in [7, 11) is 0. The van der Waals surface area contributed by atoms with Crippen molar-refractivity contribution in [3.05, 3.63) is 34.4 Å². The Balaban J connectivity index is 3.00. The summed E-state index contributed by atoms with van der Waals surface area (Å²) in [6.45, 7) is 13.2. The van der Waals surface area contributed by atoms with Gasteiger partial charge in [0.2, 0.25) is 0 Å². The third-order valence-electron chi connectivity index (χ3n) is 3.03. The molecule has 0 heterocycles. The van der Waals surface area contributed by atoms with Crippen LogP contribution in [0.2, 0.25) is 0 Å². The molecular weight excluding hydrogens is 210 g/mol. The van der Waals surface area contributed by atoms with Crippen LogP contribution in [0.4, 0.5) is 0 Å². The number of aryl methyl sites for hydroxylation is 3. The Kier molecular flexibility index (Phi) is 5.66. The number of likely N-dealkylation sites (N-methyl/N-ethyl adjacent to an activating group) is 1. The second-order valence-electron chi connectivity index (χ2n) is 4.58. The Labute approximate surface area is 105 Å². The summed E-state index contributed by atoms with van der Waals surface area (Å²) < 4.78 is 5.58. The van der Waals surface area contributed by atoms with Crippen LogP contribution in [0.15, 0.2) is 12.1 Å². The maximum absolute atomic E-state index is 5.58. The molecular formula is C15H25NO. The molecule has 0 aliphatic heterocycles. The SMILES string of the molecule is CCNC(COCC)c1c(C)cc(C)cc1C. The van der Waals surface area contributed by atoms with Crippen molar-refractivity contribution < 1.29 is 4.74 Å². The van der Waals surface area contributed by atoms with Gasteiger partial charge >= 0.3 is 0 Å². The zero-order valence-corrected chi connectivity index (χ0v) is 11.8. The molecule has 2 heteroatoms. The van der Waals surface area contributed by atoms with Crippen molar-refractivity contribution in [3.8, 4) is 0 Å². The molecule has 1 N–H and O–H groups in total. The first kappa shape index (κ1) is 14.2. The maximum atomic E-state index is 5.58. The highest BCUT2D eigenvalue weighted by Crippen LogP contribution is 2.23. The molecule has 17 heavy (non-hydrogen) atoms. The van der Waals surface area contributed by atoms with Gasteiger partial charge in [-0.25, -0.2) is 0 Å². The summed E-state index contributed by atoms with van der Waals surface area (Å²) in [6.07, 6.45) is 0. The Morgan fingerprint density at radius 3 is 2.18 bits per heavy atom. The standard InChI is InChI=1S/C15H25NO/c1-6-16-14(10-17-7-2)15-12(4)8-11(3)9-13(15)5/h8-9,14,16H,6-7,10H2,1-5H3. The minimum absolute atomic E-state index is 0.306. The normalized spacial score (nSPS) is 12.8. The highest BCUT2D eigenvalue weighted by Gasteiger charge is 2.15. The molecule has 2 nitrogen and oxygen atoms in total. The van der Waals surface area contributed by atoms with E-state index in [2.05, 4.69) is 45.1 Å². The molecule has 0 amide bonds. The molecule has 1 aromatic rings. The van der Waals surface area contributed by atoms with Crippen molar-refractivity contribution in [1.82, 2.24) is 5.32 Å². The highest BCUT2D eigenvalue weighted by molar-refractivity contribution is 5.39. The Bertz CT molecular complexity index is 337. The molecule has 0 fully saturated rings. The van der Waals surface area contributed by atoms with Crippen molar-refractivity contribution in [1.29, 1.82) is 0 Å². The molecule has 0 aliphatic rings. The molecule has 96 valence electrons. The number of rotatable bonds is 6. The summed E-state index contributed by atoms with van der Waals surface area (Å²) in [5, 5.41) is 3.51. The average Bonchev–Trinajstić information content (AvgIpc) is 2.24. The highest BCUT2D eigenvalue weighted by atomic mass is 16.5. The smallest absolute Gasteiger partial charge is 0.0661 e. The van der Waals surface area contributed by atoms with Crippen molar-refractivity contribution in [2.75, 3.05) is 19.8 Å². The molecule has 0 saturated heterocycles. The molecule has 1 atom stereocenters. The average molecular weight is 235 g/mol. The summed E-state index contributed by atoms with van der Waals surface area (Å²) >= 11 is 0. The molecule has 0 radical (unpaired) electrons. The van der Waals surface area contributed by atoms with Gasteiger partial charge in [-0.15, -0.1) is 0 Å². The van der Waals surface area contributed by atoms with E-state index in [0.717, 1.165) is 19.8 Å². The van der Waals surface area contributed by atoms with E-state index in [0.29, 0.717) is 6.04 Å². The minimum Gasteiger partial charge on any atom is -0.380 e. The first-order valence-corrected chi connectivity index (χ1v) is 6.49. The third-order valence-corrected chi connectivity index (χ3v) is 3.03. The molecule has 1 rings (SSSR count). The number of ether oxygens (including phenoxy) is 1. The molecule has 0 aromatic heterocycles.